The fourth-order valence-corrected chi connectivity index (χ4v) is 2.90. The molecule has 8 nitrogen and oxygen atoms in total. The molecule has 0 saturated heterocycles. The largest absolute Gasteiger partial charge is 2.00 e. The number of rotatable bonds is 0. The van der Waals surface area contributed by atoms with Crippen molar-refractivity contribution in [2.24, 2.45) is 0 Å². The maximum absolute atomic E-state index is 10.4. The molecule has 0 radical (unpaired) electrons. The molecule has 0 N–H and O–H groups in total. The van der Waals surface area contributed by atoms with Crippen molar-refractivity contribution in [1.29, 1.82) is 0 Å². The summed E-state index contributed by atoms with van der Waals surface area (Å²) in [6.45, 7) is 6.14. The molecule has 0 bridgehead atoms. The summed E-state index contributed by atoms with van der Waals surface area (Å²) in [5, 5.41) is 0. The summed E-state index contributed by atoms with van der Waals surface area (Å²) in [6.07, 6.45) is 0. The summed E-state index contributed by atoms with van der Waals surface area (Å²) in [4.78, 5) is 20.8. The van der Waals surface area contributed by atoms with Gasteiger partial charge < -0.3 is 27.9 Å². The van der Waals surface area contributed by atoms with Crippen LogP contribution in [-0.2, 0) is 27.2 Å². The second-order valence-electron chi connectivity index (χ2n) is 3.48. The molecule has 104 valence electrons. The molecule has 0 fully saturated rings. The third-order valence-corrected chi connectivity index (χ3v) is 3.98. The first-order valence-electron chi connectivity index (χ1n) is 4.78. The van der Waals surface area contributed by atoms with E-state index in [-0.39, 0.29) is 23.1 Å². The molecule has 19 heavy (non-hydrogen) atoms. The number of hydrogen-bond acceptors (Lipinski definition) is 8. The minimum absolute atomic E-state index is 0. The van der Waals surface area contributed by atoms with Crippen molar-refractivity contribution in [3.05, 3.63) is 23.0 Å². The Hall–Kier alpha value is -0.174. The van der Waals surface area contributed by atoms with E-state index >= 15 is 0 Å². The maximum Gasteiger partial charge on any atom is 2.00 e. The average molecular weight is 322 g/mol. The molecule has 0 amide bonds. The van der Waals surface area contributed by atoms with Gasteiger partial charge in [0, 0.05) is 0 Å². The van der Waals surface area contributed by atoms with Crippen molar-refractivity contribution < 1.29 is 37.0 Å². The molecule has 0 aliphatic carbocycles. The van der Waals surface area contributed by atoms with Crippen LogP contribution in [0.25, 0.3) is 0 Å². The van der Waals surface area contributed by atoms with Gasteiger partial charge in [-0.15, -0.1) is 0 Å². The SMILES string of the molecule is CC1=C(C)OP(=O)([O-])O1.CC1=C(C)OP(=O)([O-])O1.[Mg+2]. The zero-order valence-corrected chi connectivity index (χ0v) is 14.1. The van der Waals surface area contributed by atoms with Gasteiger partial charge in [-0.2, -0.15) is 0 Å². The number of phosphoric ester groups is 2. The molecule has 2 rings (SSSR count). The van der Waals surface area contributed by atoms with E-state index in [1.165, 1.54) is 27.7 Å². The van der Waals surface area contributed by atoms with Crippen LogP contribution >= 0.6 is 15.6 Å². The van der Waals surface area contributed by atoms with E-state index in [4.69, 9.17) is 0 Å². The molecular formula is C8H12MgO8P2. The van der Waals surface area contributed by atoms with Crippen LogP contribution in [0.4, 0.5) is 0 Å². The fraction of sp³-hybridized carbons (Fsp3) is 0.500. The van der Waals surface area contributed by atoms with Crippen LogP contribution in [0.1, 0.15) is 27.7 Å². The Labute approximate surface area is 126 Å². The Kier molecular flexibility index (Phi) is 6.46. The molecule has 2 aliphatic rings. The zero-order chi connectivity index (χ0) is 14.1. The quantitative estimate of drug-likeness (QED) is 0.481. The van der Waals surface area contributed by atoms with Crippen LogP contribution < -0.4 is 9.79 Å². The predicted molar refractivity (Wildman–Crippen MR) is 62.1 cm³/mol. The van der Waals surface area contributed by atoms with Crippen molar-refractivity contribution >= 4 is 38.7 Å². The first kappa shape index (κ1) is 18.8. The van der Waals surface area contributed by atoms with Gasteiger partial charge in [0.2, 0.25) is 0 Å². The van der Waals surface area contributed by atoms with Gasteiger partial charge in [-0.25, -0.2) is 9.13 Å². The Morgan fingerprint density at radius 3 is 0.895 bits per heavy atom. The van der Waals surface area contributed by atoms with Crippen molar-refractivity contribution in [1.82, 2.24) is 0 Å². The summed E-state index contributed by atoms with van der Waals surface area (Å²) in [6, 6.07) is 0. The first-order chi connectivity index (χ1) is 8.02. The zero-order valence-electron chi connectivity index (χ0n) is 10.9. The van der Waals surface area contributed by atoms with Gasteiger partial charge in [0.15, 0.2) is 0 Å². The Morgan fingerprint density at radius 1 is 0.684 bits per heavy atom. The van der Waals surface area contributed by atoms with Gasteiger partial charge >= 0.3 is 38.7 Å². The van der Waals surface area contributed by atoms with Crippen molar-refractivity contribution in [3.63, 3.8) is 0 Å². The Morgan fingerprint density at radius 2 is 0.842 bits per heavy atom. The Bertz CT molecular complexity index is 429. The van der Waals surface area contributed by atoms with Gasteiger partial charge in [-0.05, 0) is 27.7 Å². The van der Waals surface area contributed by atoms with Crippen LogP contribution in [0.15, 0.2) is 23.0 Å². The van der Waals surface area contributed by atoms with Crippen molar-refractivity contribution in [2.45, 2.75) is 27.7 Å². The van der Waals surface area contributed by atoms with Crippen molar-refractivity contribution in [2.75, 3.05) is 0 Å². The summed E-state index contributed by atoms with van der Waals surface area (Å²) >= 11 is 0. The molecule has 0 spiro atoms. The van der Waals surface area contributed by atoms with Gasteiger partial charge in [0.25, 0.3) is 0 Å². The van der Waals surface area contributed by atoms with Gasteiger partial charge in [-0.1, -0.05) is 0 Å². The first-order valence-corrected chi connectivity index (χ1v) is 7.70. The number of hydrogen-bond donors (Lipinski definition) is 0. The summed E-state index contributed by atoms with van der Waals surface area (Å²) in [5.74, 6) is 1.25. The summed E-state index contributed by atoms with van der Waals surface area (Å²) in [5.41, 5.74) is 0. The monoisotopic (exact) mass is 322 g/mol. The normalized spacial score (nSPS) is 22.2. The van der Waals surface area contributed by atoms with Crippen LogP contribution in [0.5, 0.6) is 0 Å². The van der Waals surface area contributed by atoms with Gasteiger partial charge in [0.1, 0.15) is 23.0 Å². The van der Waals surface area contributed by atoms with E-state index in [0.717, 1.165) is 0 Å². The summed E-state index contributed by atoms with van der Waals surface area (Å²) in [7, 11) is -7.96. The second-order valence-corrected chi connectivity index (χ2v) is 6.00. The number of phosphoric acid groups is 2. The number of allylic oxidation sites excluding steroid dienone is 4. The van der Waals surface area contributed by atoms with E-state index in [9.17, 15) is 18.9 Å². The van der Waals surface area contributed by atoms with Crippen LogP contribution in [0, 0.1) is 0 Å². The minimum atomic E-state index is -3.98. The minimum Gasteiger partial charge on any atom is -0.736 e. The molecule has 0 unspecified atom stereocenters. The van der Waals surface area contributed by atoms with E-state index in [2.05, 4.69) is 18.1 Å². The topological polar surface area (TPSA) is 117 Å². The molecule has 0 aromatic heterocycles. The van der Waals surface area contributed by atoms with E-state index in [1.807, 2.05) is 0 Å². The molecule has 0 aromatic carbocycles. The second kappa shape index (κ2) is 6.52. The molecule has 2 aliphatic heterocycles. The maximum atomic E-state index is 10.4. The van der Waals surface area contributed by atoms with E-state index in [0.29, 0.717) is 23.0 Å². The third kappa shape index (κ3) is 5.77. The molecular weight excluding hydrogens is 310 g/mol. The van der Waals surface area contributed by atoms with Gasteiger partial charge in [0.05, 0.1) is 0 Å². The van der Waals surface area contributed by atoms with Crippen LogP contribution in [0.3, 0.4) is 0 Å². The molecule has 11 heteroatoms. The van der Waals surface area contributed by atoms with E-state index < -0.39 is 15.6 Å². The third-order valence-electron chi connectivity index (χ3n) is 1.99. The van der Waals surface area contributed by atoms with Crippen LogP contribution in [-0.4, -0.2) is 23.1 Å². The smallest absolute Gasteiger partial charge is 0.736 e. The predicted octanol–water partition coefficient (Wildman–Crippen LogP) is 1.13. The Balaban J connectivity index is 0.000000324. The fourth-order valence-electron chi connectivity index (χ4n) is 0.965. The standard InChI is InChI=1S/2C4H7O4P.Mg/c2*1-3-4(2)8-9(5,6)7-3;/h2*1-2H3,(H,5,6);/q;;+2/p-2. The van der Waals surface area contributed by atoms with Crippen molar-refractivity contribution in [3.8, 4) is 0 Å². The average Bonchev–Trinajstić information content (AvgIpc) is 2.49. The molecule has 0 atom stereocenters. The molecule has 0 saturated carbocycles. The van der Waals surface area contributed by atoms with E-state index in [1.54, 1.807) is 0 Å². The molecule has 0 aromatic rings. The van der Waals surface area contributed by atoms with Crippen LogP contribution in [0.2, 0.25) is 0 Å². The summed E-state index contributed by atoms with van der Waals surface area (Å²) < 4.78 is 38.1. The van der Waals surface area contributed by atoms with Gasteiger partial charge in [-0.3, -0.25) is 0 Å². The molecule has 2 heterocycles.